The Balaban J connectivity index is 2.74. The van der Waals surface area contributed by atoms with E-state index in [-0.39, 0.29) is 12.1 Å². The molecule has 0 saturated heterocycles. The van der Waals surface area contributed by atoms with Crippen LogP contribution in [0.3, 0.4) is 0 Å². The van der Waals surface area contributed by atoms with Crippen molar-refractivity contribution in [3.05, 3.63) is 17.0 Å². The predicted molar refractivity (Wildman–Crippen MR) is 70.0 cm³/mol. The number of hydrogen-bond donors (Lipinski definition) is 1. The summed E-state index contributed by atoms with van der Waals surface area (Å²) in [6, 6.07) is 0.0924. The zero-order chi connectivity index (χ0) is 13.0. The van der Waals surface area contributed by atoms with E-state index in [2.05, 4.69) is 18.9 Å². The summed E-state index contributed by atoms with van der Waals surface area (Å²) < 4.78 is 7.55. The molecule has 1 unspecified atom stereocenters. The topological polar surface area (TPSA) is 53.1 Å². The molecule has 0 spiro atoms. The van der Waals surface area contributed by atoms with Gasteiger partial charge in [0.05, 0.1) is 24.9 Å². The van der Waals surface area contributed by atoms with Gasteiger partial charge in [0.1, 0.15) is 0 Å². The second-order valence-electron chi connectivity index (χ2n) is 4.74. The SMILES string of the molecule is CCC(N)c1c(C)nn(CCOC(C)C)c1C. The minimum Gasteiger partial charge on any atom is -0.377 e. The summed E-state index contributed by atoms with van der Waals surface area (Å²) in [6.45, 7) is 11.8. The molecule has 1 atom stereocenters. The molecule has 4 nitrogen and oxygen atoms in total. The van der Waals surface area contributed by atoms with E-state index in [9.17, 15) is 0 Å². The largest absolute Gasteiger partial charge is 0.377 e. The molecule has 2 N–H and O–H groups in total. The Bertz CT molecular complexity index is 358. The van der Waals surface area contributed by atoms with Crippen molar-refractivity contribution in [2.45, 2.75) is 59.7 Å². The highest BCUT2D eigenvalue weighted by Crippen LogP contribution is 2.21. The van der Waals surface area contributed by atoms with Gasteiger partial charge in [0.15, 0.2) is 0 Å². The highest BCUT2D eigenvalue weighted by Gasteiger charge is 2.16. The summed E-state index contributed by atoms with van der Waals surface area (Å²) in [6.07, 6.45) is 1.21. The van der Waals surface area contributed by atoms with E-state index in [4.69, 9.17) is 10.5 Å². The number of nitrogens with zero attached hydrogens (tertiary/aromatic N) is 2. The van der Waals surface area contributed by atoms with E-state index < -0.39 is 0 Å². The van der Waals surface area contributed by atoms with Crippen LogP contribution >= 0.6 is 0 Å². The van der Waals surface area contributed by atoms with Crippen LogP contribution in [0.2, 0.25) is 0 Å². The van der Waals surface area contributed by atoms with E-state index >= 15 is 0 Å². The first-order valence-electron chi connectivity index (χ1n) is 6.38. The molecule has 0 aromatic carbocycles. The Morgan fingerprint density at radius 1 is 1.35 bits per heavy atom. The van der Waals surface area contributed by atoms with Gasteiger partial charge in [0.2, 0.25) is 0 Å². The van der Waals surface area contributed by atoms with Crippen LogP contribution in [0, 0.1) is 13.8 Å². The fourth-order valence-electron chi connectivity index (χ4n) is 2.04. The van der Waals surface area contributed by atoms with Gasteiger partial charge in [-0.1, -0.05) is 6.92 Å². The third-order valence-electron chi connectivity index (χ3n) is 3.00. The van der Waals surface area contributed by atoms with Gasteiger partial charge in [0, 0.05) is 17.3 Å². The zero-order valence-electron chi connectivity index (χ0n) is 11.7. The van der Waals surface area contributed by atoms with Crippen LogP contribution in [-0.4, -0.2) is 22.5 Å². The number of ether oxygens (including phenoxy) is 1. The molecular formula is C13H25N3O. The van der Waals surface area contributed by atoms with Crippen molar-refractivity contribution in [2.75, 3.05) is 6.61 Å². The van der Waals surface area contributed by atoms with Crippen molar-refractivity contribution in [1.29, 1.82) is 0 Å². The van der Waals surface area contributed by atoms with Crippen LogP contribution < -0.4 is 5.73 Å². The van der Waals surface area contributed by atoms with E-state index in [1.807, 2.05) is 25.5 Å². The van der Waals surface area contributed by atoms with Crippen LogP contribution in [0.1, 0.15) is 50.2 Å². The number of aromatic nitrogens is 2. The quantitative estimate of drug-likeness (QED) is 0.829. The molecular weight excluding hydrogens is 214 g/mol. The summed E-state index contributed by atoms with van der Waals surface area (Å²) in [7, 11) is 0. The molecule has 1 aromatic heterocycles. The molecule has 0 aliphatic heterocycles. The third-order valence-corrected chi connectivity index (χ3v) is 3.00. The molecule has 0 saturated carbocycles. The summed E-state index contributed by atoms with van der Waals surface area (Å²) in [5.41, 5.74) is 9.51. The van der Waals surface area contributed by atoms with Crippen molar-refractivity contribution >= 4 is 0 Å². The maximum Gasteiger partial charge on any atom is 0.0666 e. The first-order chi connectivity index (χ1) is 7.97. The highest BCUT2D eigenvalue weighted by atomic mass is 16.5. The Hall–Kier alpha value is -0.870. The van der Waals surface area contributed by atoms with Gasteiger partial charge < -0.3 is 10.5 Å². The van der Waals surface area contributed by atoms with Gasteiger partial charge in [-0.2, -0.15) is 5.10 Å². The van der Waals surface area contributed by atoms with Crippen molar-refractivity contribution in [1.82, 2.24) is 9.78 Å². The molecule has 1 rings (SSSR count). The normalized spacial score (nSPS) is 13.4. The number of rotatable bonds is 6. The second-order valence-corrected chi connectivity index (χ2v) is 4.74. The van der Waals surface area contributed by atoms with Crippen LogP contribution in [0.4, 0.5) is 0 Å². The van der Waals surface area contributed by atoms with Gasteiger partial charge in [-0.25, -0.2) is 0 Å². The second kappa shape index (κ2) is 6.17. The third kappa shape index (κ3) is 3.54. The van der Waals surface area contributed by atoms with Gasteiger partial charge in [0.25, 0.3) is 0 Å². The Morgan fingerprint density at radius 2 is 2.00 bits per heavy atom. The van der Waals surface area contributed by atoms with Gasteiger partial charge in [-0.15, -0.1) is 0 Å². The van der Waals surface area contributed by atoms with E-state index in [0.717, 1.165) is 18.7 Å². The molecule has 1 aromatic rings. The standard InChI is InChI=1S/C13H25N3O/c1-6-12(14)13-10(4)15-16(11(13)5)7-8-17-9(2)3/h9,12H,6-8,14H2,1-5H3. The smallest absolute Gasteiger partial charge is 0.0666 e. The van der Waals surface area contributed by atoms with Crippen molar-refractivity contribution in [3.8, 4) is 0 Å². The van der Waals surface area contributed by atoms with Crippen molar-refractivity contribution in [3.63, 3.8) is 0 Å². The van der Waals surface area contributed by atoms with Crippen LogP contribution in [0.15, 0.2) is 0 Å². The molecule has 0 fully saturated rings. The first kappa shape index (κ1) is 14.2. The molecule has 98 valence electrons. The maximum atomic E-state index is 6.10. The minimum atomic E-state index is 0.0924. The number of nitrogens with two attached hydrogens (primary N) is 1. The average molecular weight is 239 g/mol. The highest BCUT2D eigenvalue weighted by molar-refractivity contribution is 5.27. The fraction of sp³-hybridized carbons (Fsp3) is 0.769. The molecule has 0 aliphatic carbocycles. The lowest BCUT2D eigenvalue weighted by atomic mass is 10.0. The Morgan fingerprint density at radius 3 is 2.53 bits per heavy atom. The van der Waals surface area contributed by atoms with Gasteiger partial charge in [-0.3, -0.25) is 4.68 Å². The molecule has 4 heteroatoms. The van der Waals surface area contributed by atoms with Crippen LogP contribution in [0.25, 0.3) is 0 Å². The van der Waals surface area contributed by atoms with E-state index in [1.165, 1.54) is 11.3 Å². The van der Waals surface area contributed by atoms with Crippen LogP contribution in [-0.2, 0) is 11.3 Å². The molecule has 1 heterocycles. The van der Waals surface area contributed by atoms with Crippen molar-refractivity contribution < 1.29 is 4.74 Å². The molecule has 0 aliphatic rings. The van der Waals surface area contributed by atoms with Crippen LogP contribution in [0.5, 0.6) is 0 Å². The predicted octanol–water partition coefficient (Wildman–Crippen LogP) is 2.33. The first-order valence-corrected chi connectivity index (χ1v) is 6.38. The summed E-state index contributed by atoms with van der Waals surface area (Å²) in [5.74, 6) is 0. The summed E-state index contributed by atoms with van der Waals surface area (Å²) in [4.78, 5) is 0. The lowest BCUT2D eigenvalue weighted by Crippen LogP contribution is -2.14. The van der Waals surface area contributed by atoms with Crippen molar-refractivity contribution in [2.24, 2.45) is 5.73 Å². The van der Waals surface area contributed by atoms with Gasteiger partial charge >= 0.3 is 0 Å². The average Bonchev–Trinajstić information content (AvgIpc) is 2.53. The molecule has 17 heavy (non-hydrogen) atoms. The summed E-state index contributed by atoms with van der Waals surface area (Å²) in [5, 5.41) is 4.53. The lowest BCUT2D eigenvalue weighted by Gasteiger charge is -2.11. The number of aryl methyl sites for hydroxylation is 1. The number of hydrogen-bond acceptors (Lipinski definition) is 3. The fourth-order valence-corrected chi connectivity index (χ4v) is 2.04. The maximum absolute atomic E-state index is 6.10. The lowest BCUT2D eigenvalue weighted by molar-refractivity contribution is 0.0706. The van der Waals surface area contributed by atoms with E-state index in [0.29, 0.717) is 6.61 Å². The Kier molecular flexibility index (Phi) is 5.15. The van der Waals surface area contributed by atoms with Gasteiger partial charge in [-0.05, 0) is 34.1 Å². The monoisotopic (exact) mass is 239 g/mol. The minimum absolute atomic E-state index is 0.0924. The van der Waals surface area contributed by atoms with E-state index in [1.54, 1.807) is 0 Å². The summed E-state index contributed by atoms with van der Waals surface area (Å²) >= 11 is 0. The Labute approximate surface area is 104 Å². The molecule has 0 amide bonds. The molecule has 0 bridgehead atoms. The molecule has 0 radical (unpaired) electrons. The zero-order valence-corrected chi connectivity index (χ0v) is 11.7.